The van der Waals surface area contributed by atoms with Gasteiger partial charge in [0.1, 0.15) is 5.56 Å². The number of amides is 1. The smallest absolute Gasteiger partial charge is 0.278 e. The summed E-state index contributed by atoms with van der Waals surface area (Å²) in [6.45, 7) is 3.58. The minimum Gasteiger partial charge on any atom is -0.348 e. The lowest BCUT2D eigenvalue weighted by Crippen LogP contribution is -2.25. The number of nitrogens with zero attached hydrogens (tertiary/aromatic N) is 3. The molecule has 0 fully saturated rings. The molecule has 0 aliphatic carbocycles. The SMILES string of the molecule is Cc1[nH]cnc1/C=C1\C(=O)Nc2cc(/C=C/CCC(=O)c3c(C)n(C)n(Cc4ccc(F)c(F)c4)c3=O)ccc21. The molecular weight excluding hydrogens is 516 g/mol. The Morgan fingerprint density at radius 1 is 1.07 bits per heavy atom. The van der Waals surface area contributed by atoms with Crippen LogP contribution >= 0.6 is 0 Å². The monoisotopic (exact) mass is 543 g/mol. The van der Waals surface area contributed by atoms with E-state index in [0.717, 1.165) is 29.0 Å². The molecule has 0 saturated heterocycles. The summed E-state index contributed by atoms with van der Waals surface area (Å²) in [5.41, 5.74) is 4.99. The van der Waals surface area contributed by atoms with Gasteiger partial charge in [-0.3, -0.25) is 19.1 Å². The second kappa shape index (κ2) is 10.7. The summed E-state index contributed by atoms with van der Waals surface area (Å²) >= 11 is 0. The number of aromatic nitrogens is 4. The van der Waals surface area contributed by atoms with Crippen molar-refractivity contribution in [3.63, 3.8) is 0 Å². The lowest BCUT2D eigenvalue weighted by Gasteiger charge is -2.08. The number of nitrogens with one attached hydrogen (secondary N) is 2. The minimum atomic E-state index is -0.994. The van der Waals surface area contributed by atoms with E-state index in [2.05, 4.69) is 15.3 Å². The normalized spacial score (nSPS) is 13.8. The predicted octanol–water partition coefficient (Wildman–Crippen LogP) is 5.02. The standard InChI is InChI=1S/C30H27F2N5O3/c1-17-25(34-16-33-17)14-22-21-10-8-19(13-26(21)35-29(22)39)6-4-5-7-27(38)28-18(2)36(3)37(30(28)40)15-20-9-11-23(31)24(32)12-20/h4,6,8-14,16H,5,7,15H2,1-3H3,(H,33,34)(H,35,39)/b6-4+,22-14-. The third-order valence-electron chi connectivity index (χ3n) is 7.08. The van der Waals surface area contributed by atoms with Crippen molar-refractivity contribution in [1.29, 1.82) is 0 Å². The van der Waals surface area contributed by atoms with Crippen molar-refractivity contribution in [2.45, 2.75) is 33.2 Å². The zero-order valence-corrected chi connectivity index (χ0v) is 22.2. The van der Waals surface area contributed by atoms with Crippen molar-refractivity contribution in [1.82, 2.24) is 19.3 Å². The summed E-state index contributed by atoms with van der Waals surface area (Å²) in [6.07, 6.45) is 7.57. The van der Waals surface area contributed by atoms with Gasteiger partial charge in [-0.05, 0) is 55.7 Å². The summed E-state index contributed by atoms with van der Waals surface area (Å²) < 4.78 is 29.8. The number of carbonyl (C=O) groups is 2. The zero-order valence-electron chi connectivity index (χ0n) is 22.2. The second-order valence-corrected chi connectivity index (χ2v) is 9.69. The number of anilines is 1. The third-order valence-corrected chi connectivity index (χ3v) is 7.08. The Morgan fingerprint density at radius 3 is 2.60 bits per heavy atom. The van der Waals surface area contributed by atoms with Crippen LogP contribution in [0.2, 0.25) is 0 Å². The van der Waals surface area contributed by atoms with Gasteiger partial charge in [0.25, 0.3) is 11.5 Å². The van der Waals surface area contributed by atoms with Crippen molar-refractivity contribution in [3.05, 3.63) is 110 Å². The van der Waals surface area contributed by atoms with Crippen molar-refractivity contribution in [3.8, 4) is 0 Å². The van der Waals surface area contributed by atoms with E-state index in [9.17, 15) is 23.2 Å². The van der Waals surface area contributed by atoms with Gasteiger partial charge in [0.2, 0.25) is 0 Å². The zero-order chi connectivity index (χ0) is 28.6. The summed E-state index contributed by atoms with van der Waals surface area (Å²) in [7, 11) is 1.65. The highest BCUT2D eigenvalue weighted by atomic mass is 19.2. The van der Waals surface area contributed by atoms with Crippen molar-refractivity contribution in [2.24, 2.45) is 7.05 Å². The van der Waals surface area contributed by atoms with E-state index >= 15 is 0 Å². The number of fused-ring (bicyclic) bond motifs is 1. The molecule has 2 N–H and O–H groups in total. The van der Waals surface area contributed by atoms with E-state index in [-0.39, 0.29) is 30.2 Å². The highest BCUT2D eigenvalue weighted by molar-refractivity contribution is 6.34. The van der Waals surface area contributed by atoms with Gasteiger partial charge in [-0.2, -0.15) is 0 Å². The van der Waals surface area contributed by atoms with Crippen LogP contribution < -0.4 is 10.9 Å². The van der Waals surface area contributed by atoms with Crippen molar-refractivity contribution in [2.75, 3.05) is 5.32 Å². The van der Waals surface area contributed by atoms with Crippen molar-refractivity contribution >= 4 is 35.1 Å². The molecule has 1 aliphatic rings. The van der Waals surface area contributed by atoms with Gasteiger partial charge < -0.3 is 10.3 Å². The van der Waals surface area contributed by atoms with Gasteiger partial charge in [0.15, 0.2) is 17.4 Å². The molecule has 0 radical (unpaired) electrons. The molecule has 204 valence electrons. The van der Waals surface area contributed by atoms with Crippen LogP contribution in [-0.2, 0) is 18.4 Å². The van der Waals surface area contributed by atoms with E-state index in [4.69, 9.17) is 0 Å². The molecule has 0 spiro atoms. The Morgan fingerprint density at radius 2 is 1.88 bits per heavy atom. The fraction of sp³-hybridized carbons (Fsp3) is 0.200. The molecule has 1 amide bonds. The van der Waals surface area contributed by atoms with Crippen LogP contribution in [0.15, 0.2) is 53.6 Å². The number of hydrogen-bond acceptors (Lipinski definition) is 4. The number of H-pyrrole nitrogens is 1. The van der Waals surface area contributed by atoms with Crippen molar-refractivity contribution < 1.29 is 18.4 Å². The van der Waals surface area contributed by atoms with Crippen LogP contribution in [0.3, 0.4) is 0 Å². The molecule has 0 atom stereocenters. The number of imidazole rings is 1. The number of allylic oxidation sites excluding steroid dienone is 1. The highest BCUT2D eigenvalue weighted by Crippen LogP contribution is 2.34. The molecule has 3 heterocycles. The second-order valence-electron chi connectivity index (χ2n) is 9.69. The van der Waals surface area contributed by atoms with Crippen LogP contribution in [-0.4, -0.2) is 31.0 Å². The first-order valence-electron chi connectivity index (χ1n) is 12.7. The number of benzene rings is 2. The molecule has 0 bridgehead atoms. The van der Waals surface area contributed by atoms with E-state index in [1.54, 1.807) is 31.1 Å². The number of aromatic amines is 1. The van der Waals surface area contributed by atoms with Crippen LogP contribution in [0, 0.1) is 25.5 Å². The molecule has 5 rings (SSSR count). The van der Waals surface area contributed by atoms with Gasteiger partial charge >= 0.3 is 0 Å². The average molecular weight is 544 g/mol. The third kappa shape index (κ3) is 5.07. The first-order valence-corrected chi connectivity index (χ1v) is 12.7. The van der Waals surface area contributed by atoms with Crippen LogP contribution in [0.1, 0.15) is 57.0 Å². The number of aryl methyl sites for hydroxylation is 1. The van der Waals surface area contributed by atoms with Gasteiger partial charge in [0.05, 0.1) is 24.1 Å². The van der Waals surface area contributed by atoms with Gasteiger partial charge in [-0.15, -0.1) is 0 Å². The molecule has 10 heteroatoms. The summed E-state index contributed by atoms with van der Waals surface area (Å²) in [4.78, 5) is 45.8. The quantitative estimate of drug-likeness (QED) is 0.241. The molecule has 0 unspecified atom stereocenters. The topological polar surface area (TPSA) is 102 Å². The van der Waals surface area contributed by atoms with Gasteiger partial charge in [-0.1, -0.05) is 30.4 Å². The Labute approximate surface area is 228 Å². The highest BCUT2D eigenvalue weighted by Gasteiger charge is 2.25. The number of Topliss-reactive ketones (excluding diaryl/α,β-unsaturated/α-hetero) is 1. The summed E-state index contributed by atoms with van der Waals surface area (Å²) in [5, 5.41) is 2.88. The molecule has 4 aromatic rings. The predicted molar refractivity (Wildman–Crippen MR) is 149 cm³/mol. The summed E-state index contributed by atoms with van der Waals surface area (Å²) in [6, 6.07) is 9.08. The largest absolute Gasteiger partial charge is 0.348 e. The average Bonchev–Trinajstić information content (AvgIpc) is 3.53. The number of carbonyl (C=O) groups excluding carboxylic acids is 2. The number of rotatable bonds is 8. The molecule has 8 nitrogen and oxygen atoms in total. The Kier molecular flexibility index (Phi) is 7.17. The van der Waals surface area contributed by atoms with E-state index in [1.807, 2.05) is 37.3 Å². The first kappa shape index (κ1) is 26.7. The van der Waals surface area contributed by atoms with E-state index in [1.165, 1.54) is 10.7 Å². The first-order chi connectivity index (χ1) is 19.1. The van der Waals surface area contributed by atoms with Gasteiger partial charge in [-0.25, -0.2) is 18.4 Å². The van der Waals surface area contributed by atoms with Gasteiger partial charge in [0, 0.05) is 36.1 Å². The van der Waals surface area contributed by atoms with Crippen LogP contribution in [0.4, 0.5) is 14.5 Å². The molecule has 2 aromatic carbocycles. The van der Waals surface area contributed by atoms with Crippen LogP contribution in [0.25, 0.3) is 17.7 Å². The Bertz CT molecular complexity index is 1770. The van der Waals surface area contributed by atoms with E-state index < -0.39 is 17.2 Å². The molecule has 2 aromatic heterocycles. The maximum atomic E-state index is 13.6. The minimum absolute atomic E-state index is 0.00757. The molecule has 1 aliphatic heterocycles. The Hall–Kier alpha value is -4.86. The lowest BCUT2D eigenvalue weighted by atomic mass is 10.0. The van der Waals surface area contributed by atoms with E-state index in [0.29, 0.717) is 34.6 Å². The molecule has 40 heavy (non-hydrogen) atoms. The fourth-order valence-corrected chi connectivity index (χ4v) is 4.74. The molecule has 0 saturated carbocycles. The molecular formula is C30H27F2N5O3. The maximum Gasteiger partial charge on any atom is 0.278 e. The number of ketones is 1. The summed E-state index contributed by atoms with van der Waals surface area (Å²) in [5.74, 6) is -2.45. The fourth-order valence-electron chi connectivity index (χ4n) is 4.74. The number of halogens is 2. The Balaban J connectivity index is 1.26. The number of hydrogen-bond donors (Lipinski definition) is 2. The van der Waals surface area contributed by atoms with Crippen LogP contribution in [0.5, 0.6) is 0 Å². The lowest BCUT2D eigenvalue weighted by molar-refractivity contribution is -0.110. The maximum absolute atomic E-state index is 13.6.